The van der Waals surface area contributed by atoms with Crippen LogP contribution in [0.5, 0.6) is 0 Å². The van der Waals surface area contributed by atoms with E-state index in [2.05, 4.69) is 15.5 Å². The minimum Gasteiger partial charge on any atom is -0.379 e. The Bertz CT molecular complexity index is 513. The normalized spacial score (nSPS) is 15.3. The number of nitrogens with one attached hydrogen (secondary N) is 2. The fourth-order valence-corrected chi connectivity index (χ4v) is 2.35. The Morgan fingerprint density at radius 3 is 2.55 bits per heavy atom. The molecular formula is C16H23N3O3. The molecule has 0 atom stereocenters. The molecule has 1 aliphatic rings. The van der Waals surface area contributed by atoms with Gasteiger partial charge in [0.05, 0.1) is 13.2 Å². The Kier molecular flexibility index (Phi) is 6.36. The van der Waals surface area contributed by atoms with E-state index in [1.54, 1.807) is 7.05 Å². The fraction of sp³-hybridized carbons (Fsp3) is 0.500. The lowest BCUT2D eigenvalue weighted by Crippen LogP contribution is -2.35. The first-order valence-electron chi connectivity index (χ1n) is 7.57. The Morgan fingerprint density at radius 2 is 1.82 bits per heavy atom. The van der Waals surface area contributed by atoms with Crippen molar-refractivity contribution >= 4 is 17.5 Å². The van der Waals surface area contributed by atoms with Crippen LogP contribution in [0.25, 0.3) is 0 Å². The molecule has 2 N–H and O–H groups in total. The van der Waals surface area contributed by atoms with Crippen molar-refractivity contribution in [1.29, 1.82) is 0 Å². The van der Waals surface area contributed by atoms with Crippen molar-refractivity contribution in [2.75, 3.05) is 38.7 Å². The van der Waals surface area contributed by atoms with E-state index in [-0.39, 0.29) is 24.7 Å². The van der Waals surface area contributed by atoms with E-state index in [1.807, 2.05) is 24.3 Å². The zero-order valence-corrected chi connectivity index (χ0v) is 12.9. The molecule has 1 aliphatic heterocycles. The zero-order chi connectivity index (χ0) is 15.8. The van der Waals surface area contributed by atoms with Crippen molar-refractivity contribution < 1.29 is 14.3 Å². The molecule has 1 aromatic carbocycles. The number of morpholine rings is 1. The van der Waals surface area contributed by atoms with Gasteiger partial charge in [0.25, 0.3) is 0 Å². The third-order valence-electron chi connectivity index (χ3n) is 3.65. The molecule has 2 rings (SSSR count). The van der Waals surface area contributed by atoms with E-state index in [4.69, 9.17) is 4.74 Å². The van der Waals surface area contributed by atoms with E-state index in [0.717, 1.165) is 44.1 Å². The molecule has 0 aliphatic carbocycles. The molecule has 22 heavy (non-hydrogen) atoms. The summed E-state index contributed by atoms with van der Waals surface area (Å²) < 4.78 is 5.35. The number of rotatable bonds is 6. The molecule has 6 heteroatoms. The monoisotopic (exact) mass is 305 g/mol. The number of hydrogen-bond acceptors (Lipinski definition) is 4. The van der Waals surface area contributed by atoms with E-state index >= 15 is 0 Å². The maximum Gasteiger partial charge on any atom is 0.224 e. The first kappa shape index (κ1) is 16.5. The predicted molar refractivity (Wildman–Crippen MR) is 84.5 cm³/mol. The summed E-state index contributed by atoms with van der Waals surface area (Å²) in [6, 6.07) is 7.78. The summed E-state index contributed by atoms with van der Waals surface area (Å²) in [7, 11) is 1.57. The largest absolute Gasteiger partial charge is 0.379 e. The first-order chi connectivity index (χ1) is 10.7. The second kappa shape index (κ2) is 8.51. The minimum absolute atomic E-state index is 0.128. The SMILES string of the molecule is CNC(=O)CCC(=O)Nc1ccccc1CN1CCOCC1. The van der Waals surface area contributed by atoms with Crippen LogP contribution in [0.4, 0.5) is 5.69 Å². The number of ether oxygens (including phenoxy) is 1. The lowest BCUT2D eigenvalue weighted by atomic mass is 10.1. The van der Waals surface area contributed by atoms with Crippen LogP contribution in [0.2, 0.25) is 0 Å². The van der Waals surface area contributed by atoms with Crippen molar-refractivity contribution in [3.05, 3.63) is 29.8 Å². The van der Waals surface area contributed by atoms with Gasteiger partial charge >= 0.3 is 0 Å². The van der Waals surface area contributed by atoms with Crippen molar-refractivity contribution in [2.24, 2.45) is 0 Å². The smallest absolute Gasteiger partial charge is 0.224 e. The van der Waals surface area contributed by atoms with Crippen LogP contribution in [0.1, 0.15) is 18.4 Å². The van der Waals surface area contributed by atoms with Crippen molar-refractivity contribution in [3.63, 3.8) is 0 Å². The molecule has 2 amide bonds. The Hall–Kier alpha value is -1.92. The van der Waals surface area contributed by atoms with Gasteiger partial charge in [0.2, 0.25) is 11.8 Å². The lowest BCUT2D eigenvalue weighted by molar-refractivity contribution is -0.124. The number of anilines is 1. The number of hydrogen-bond donors (Lipinski definition) is 2. The molecule has 0 spiro atoms. The molecule has 1 aromatic rings. The van der Waals surface area contributed by atoms with Gasteiger partial charge in [0, 0.05) is 45.2 Å². The molecule has 0 radical (unpaired) electrons. The topological polar surface area (TPSA) is 70.7 Å². The zero-order valence-electron chi connectivity index (χ0n) is 12.9. The van der Waals surface area contributed by atoms with E-state index in [0.29, 0.717) is 0 Å². The predicted octanol–water partition coefficient (Wildman–Crippen LogP) is 0.983. The average Bonchev–Trinajstić information content (AvgIpc) is 2.55. The average molecular weight is 305 g/mol. The second-order valence-electron chi connectivity index (χ2n) is 5.27. The minimum atomic E-state index is -0.141. The molecule has 0 saturated carbocycles. The highest BCUT2D eigenvalue weighted by Gasteiger charge is 2.14. The summed E-state index contributed by atoms with van der Waals surface area (Å²) in [5.74, 6) is -0.269. The Balaban J connectivity index is 1.92. The fourth-order valence-electron chi connectivity index (χ4n) is 2.35. The van der Waals surface area contributed by atoms with E-state index in [9.17, 15) is 9.59 Å². The highest BCUT2D eigenvalue weighted by Crippen LogP contribution is 2.18. The number of benzene rings is 1. The molecule has 1 heterocycles. The third-order valence-corrected chi connectivity index (χ3v) is 3.65. The molecule has 1 fully saturated rings. The Morgan fingerprint density at radius 1 is 1.14 bits per heavy atom. The van der Waals surface area contributed by atoms with Crippen LogP contribution in [-0.4, -0.2) is 50.1 Å². The van der Waals surface area contributed by atoms with Gasteiger partial charge < -0.3 is 15.4 Å². The maximum atomic E-state index is 12.0. The molecular weight excluding hydrogens is 282 g/mol. The summed E-state index contributed by atoms with van der Waals surface area (Å²) in [6.45, 7) is 4.09. The van der Waals surface area contributed by atoms with Crippen LogP contribution in [0.3, 0.4) is 0 Å². The van der Waals surface area contributed by atoms with Crippen LogP contribution >= 0.6 is 0 Å². The quantitative estimate of drug-likeness (QED) is 0.822. The molecule has 120 valence electrons. The van der Waals surface area contributed by atoms with Crippen molar-refractivity contribution in [2.45, 2.75) is 19.4 Å². The first-order valence-corrected chi connectivity index (χ1v) is 7.57. The standard InChI is InChI=1S/C16H23N3O3/c1-17-15(20)6-7-16(21)18-14-5-3-2-4-13(14)12-19-8-10-22-11-9-19/h2-5H,6-12H2,1H3,(H,17,20)(H,18,21). The summed E-state index contributed by atoms with van der Waals surface area (Å²) >= 11 is 0. The summed E-state index contributed by atoms with van der Waals surface area (Å²) in [5.41, 5.74) is 1.90. The molecule has 6 nitrogen and oxygen atoms in total. The van der Waals surface area contributed by atoms with Crippen molar-refractivity contribution in [3.8, 4) is 0 Å². The van der Waals surface area contributed by atoms with Gasteiger partial charge in [-0.1, -0.05) is 18.2 Å². The lowest BCUT2D eigenvalue weighted by Gasteiger charge is -2.27. The van der Waals surface area contributed by atoms with Gasteiger partial charge in [-0.05, 0) is 11.6 Å². The summed E-state index contributed by atoms with van der Waals surface area (Å²) in [4.78, 5) is 25.4. The number of carbonyl (C=O) groups excluding carboxylic acids is 2. The van der Waals surface area contributed by atoms with Gasteiger partial charge in [0.15, 0.2) is 0 Å². The molecule has 1 saturated heterocycles. The maximum absolute atomic E-state index is 12.0. The van der Waals surface area contributed by atoms with Gasteiger partial charge in [-0.15, -0.1) is 0 Å². The van der Waals surface area contributed by atoms with Crippen LogP contribution in [0, 0.1) is 0 Å². The highest BCUT2D eigenvalue weighted by molar-refractivity contribution is 5.93. The number of para-hydroxylation sites is 1. The number of nitrogens with zero attached hydrogens (tertiary/aromatic N) is 1. The van der Waals surface area contributed by atoms with Gasteiger partial charge in [-0.25, -0.2) is 0 Å². The van der Waals surface area contributed by atoms with Gasteiger partial charge in [-0.3, -0.25) is 14.5 Å². The summed E-state index contributed by atoms with van der Waals surface area (Å²) in [5, 5.41) is 5.42. The second-order valence-corrected chi connectivity index (χ2v) is 5.27. The number of amides is 2. The molecule has 0 unspecified atom stereocenters. The Labute approximate surface area is 130 Å². The van der Waals surface area contributed by atoms with Crippen LogP contribution in [-0.2, 0) is 20.9 Å². The third kappa shape index (κ3) is 5.13. The van der Waals surface area contributed by atoms with Crippen LogP contribution in [0.15, 0.2) is 24.3 Å². The van der Waals surface area contributed by atoms with E-state index in [1.165, 1.54) is 0 Å². The van der Waals surface area contributed by atoms with Gasteiger partial charge in [0.1, 0.15) is 0 Å². The van der Waals surface area contributed by atoms with Gasteiger partial charge in [-0.2, -0.15) is 0 Å². The van der Waals surface area contributed by atoms with E-state index < -0.39 is 0 Å². The van der Waals surface area contributed by atoms with Crippen molar-refractivity contribution in [1.82, 2.24) is 10.2 Å². The molecule has 0 bridgehead atoms. The van der Waals surface area contributed by atoms with Crippen LogP contribution < -0.4 is 10.6 Å². The molecule has 0 aromatic heterocycles. The number of carbonyl (C=O) groups is 2. The summed E-state index contributed by atoms with van der Waals surface area (Å²) in [6.07, 6.45) is 0.388. The highest BCUT2D eigenvalue weighted by atomic mass is 16.5.